The van der Waals surface area contributed by atoms with Gasteiger partial charge in [0.2, 0.25) is 0 Å². The number of hydrogen-bond acceptors (Lipinski definition) is 7. The van der Waals surface area contributed by atoms with Crippen molar-refractivity contribution < 1.29 is 23.2 Å². The summed E-state index contributed by atoms with van der Waals surface area (Å²) in [6.45, 7) is 3.68. The zero-order chi connectivity index (χ0) is 20.9. The van der Waals surface area contributed by atoms with E-state index < -0.39 is 20.5 Å². The number of nitrogens with one attached hydrogen (secondary N) is 1. The van der Waals surface area contributed by atoms with Crippen LogP contribution in [0.3, 0.4) is 0 Å². The summed E-state index contributed by atoms with van der Waals surface area (Å²) in [6, 6.07) is 7.29. The quantitative estimate of drug-likeness (QED) is 0.501. The van der Waals surface area contributed by atoms with E-state index in [-0.39, 0.29) is 13.0 Å². The number of amides is 1. The molecule has 2 N–H and O–H groups in total. The molecule has 0 saturated carbocycles. The average molecular weight is 406 g/mol. The molecule has 0 aliphatic heterocycles. The number of carbonyl (C=O) groups is 1. The molecule has 28 heavy (non-hydrogen) atoms. The molecule has 1 aromatic carbocycles. The van der Waals surface area contributed by atoms with Gasteiger partial charge < -0.3 is 4.74 Å². The van der Waals surface area contributed by atoms with Gasteiger partial charge in [-0.1, -0.05) is 6.07 Å². The first-order valence-corrected chi connectivity index (χ1v) is 10.4. The van der Waals surface area contributed by atoms with Crippen LogP contribution in [0.25, 0.3) is 11.1 Å². The van der Waals surface area contributed by atoms with Crippen molar-refractivity contribution in [3.63, 3.8) is 0 Å². The summed E-state index contributed by atoms with van der Waals surface area (Å²) in [5.41, 5.74) is 3.30. The lowest BCUT2D eigenvalue weighted by Gasteiger charge is -2.24. The van der Waals surface area contributed by atoms with Crippen molar-refractivity contribution >= 4 is 15.7 Å². The molecule has 0 aliphatic rings. The number of nitrogens with zero attached hydrogens (tertiary/aromatic N) is 3. The van der Waals surface area contributed by atoms with E-state index in [1.165, 1.54) is 17.1 Å². The summed E-state index contributed by atoms with van der Waals surface area (Å²) in [5, 5.41) is 22.3. The Morgan fingerprint density at radius 2 is 2.14 bits per heavy atom. The summed E-state index contributed by atoms with van der Waals surface area (Å²) < 4.78 is 29.1. The highest BCUT2D eigenvalue weighted by Gasteiger charge is 2.43. The number of benzene rings is 1. The van der Waals surface area contributed by atoms with Gasteiger partial charge in [0.1, 0.15) is 11.8 Å². The summed E-state index contributed by atoms with van der Waals surface area (Å²) in [6.07, 6.45) is 4.14. The Morgan fingerprint density at radius 3 is 2.71 bits per heavy atom. The van der Waals surface area contributed by atoms with E-state index in [9.17, 15) is 18.5 Å². The van der Waals surface area contributed by atoms with E-state index in [0.717, 1.165) is 17.4 Å². The van der Waals surface area contributed by atoms with Crippen LogP contribution in [0.15, 0.2) is 30.6 Å². The number of aromatic nitrogens is 2. The summed E-state index contributed by atoms with van der Waals surface area (Å²) in [7, 11) is -3.77. The third-order valence-corrected chi connectivity index (χ3v) is 6.61. The van der Waals surface area contributed by atoms with Gasteiger partial charge in [0.05, 0.1) is 18.4 Å². The molecule has 0 aliphatic carbocycles. The molecule has 9 nitrogen and oxygen atoms in total. The smallest absolute Gasteiger partial charge is 0.264 e. The van der Waals surface area contributed by atoms with Gasteiger partial charge in [-0.05, 0) is 38.0 Å². The Labute approximate surface area is 163 Å². The Bertz CT molecular complexity index is 1010. The SMILES string of the molecule is CCOc1ccc(-c2cnn(CCC(C)(C(=O)NO)S(C)(=O)=O)c2)cc1C#N. The third kappa shape index (κ3) is 4.32. The van der Waals surface area contributed by atoms with Gasteiger partial charge in [-0.15, -0.1) is 0 Å². The molecular weight excluding hydrogens is 384 g/mol. The molecule has 0 fully saturated rings. The second-order valence-electron chi connectivity index (χ2n) is 6.44. The first kappa shape index (κ1) is 21.4. The zero-order valence-corrected chi connectivity index (χ0v) is 16.7. The molecule has 1 unspecified atom stereocenters. The molecule has 150 valence electrons. The van der Waals surface area contributed by atoms with Gasteiger partial charge in [-0.2, -0.15) is 10.4 Å². The van der Waals surface area contributed by atoms with E-state index in [4.69, 9.17) is 9.94 Å². The fraction of sp³-hybridized carbons (Fsp3) is 0.389. The minimum Gasteiger partial charge on any atom is -0.492 e. The van der Waals surface area contributed by atoms with Crippen molar-refractivity contribution in [1.29, 1.82) is 5.26 Å². The lowest BCUT2D eigenvalue weighted by molar-refractivity contribution is -0.131. The first-order valence-electron chi connectivity index (χ1n) is 8.50. The largest absolute Gasteiger partial charge is 0.492 e. The van der Waals surface area contributed by atoms with Gasteiger partial charge in [0.15, 0.2) is 14.6 Å². The highest BCUT2D eigenvalue weighted by atomic mass is 32.2. The molecule has 1 atom stereocenters. The van der Waals surface area contributed by atoms with Crippen molar-refractivity contribution in [1.82, 2.24) is 15.3 Å². The zero-order valence-electron chi connectivity index (χ0n) is 15.8. The van der Waals surface area contributed by atoms with E-state index in [2.05, 4.69) is 11.2 Å². The number of hydrogen-bond donors (Lipinski definition) is 2. The van der Waals surface area contributed by atoms with Crippen molar-refractivity contribution in [2.24, 2.45) is 0 Å². The Hall–Kier alpha value is -2.90. The standard InChI is InChI=1S/C18H22N4O5S/c1-4-27-16-6-5-13(9-14(16)10-19)15-11-20-22(12-15)8-7-18(2,17(23)21-24)28(3,25)26/h5-6,9,11-12,24H,4,7-8H2,1-3H3,(H,21,23). The molecule has 1 heterocycles. The number of rotatable bonds is 8. The average Bonchev–Trinajstić information content (AvgIpc) is 3.14. The van der Waals surface area contributed by atoms with Gasteiger partial charge >= 0.3 is 0 Å². The topological polar surface area (TPSA) is 134 Å². The highest BCUT2D eigenvalue weighted by Crippen LogP contribution is 2.27. The van der Waals surface area contributed by atoms with Gasteiger partial charge in [0.25, 0.3) is 5.91 Å². The van der Waals surface area contributed by atoms with E-state index in [1.54, 1.807) is 30.6 Å². The van der Waals surface area contributed by atoms with E-state index >= 15 is 0 Å². The van der Waals surface area contributed by atoms with Crippen LogP contribution in [0.5, 0.6) is 5.75 Å². The van der Waals surface area contributed by atoms with Crippen LogP contribution < -0.4 is 10.2 Å². The summed E-state index contributed by atoms with van der Waals surface area (Å²) in [5.74, 6) is -0.493. The monoisotopic (exact) mass is 406 g/mol. The van der Waals surface area contributed by atoms with Gasteiger partial charge in [-0.25, -0.2) is 13.9 Å². The number of sulfone groups is 1. The maximum atomic E-state index is 12.0. The normalized spacial score (nSPS) is 13.4. The van der Waals surface area contributed by atoms with Crippen LogP contribution in [0, 0.1) is 11.3 Å². The van der Waals surface area contributed by atoms with Crippen LogP contribution in [-0.4, -0.2) is 46.9 Å². The molecular formula is C18H22N4O5S. The van der Waals surface area contributed by atoms with Crippen LogP contribution in [0.4, 0.5) is 0 Å². The first-order chi connectivity index (χ1) is 13.2. The second-order valence-corrected chi connectivity index (χ2v) is 8.89. The van der Waals surface area contributed by atoms with Crippen molar-refractivity contribution in [2.75, 3.05) is 12.9 Å². The van der Waals surface area contributed by atoms with Crippen LogP contribution in [0.1, 0.15) is 25.8 Å². The lowest BCUT2D eigenvalue weighted by Crippen LogP contribution is -2.49. The maximum absolute atomic E-state index is 12.0. The van der Waals surface area contributed by atoms with Gasteiger partial charge in [0, 0.05) is 24.6 Å². The van der Waals surface area contributed by atoms with Crippen molar-refractivity contribution in [3.8, 4) is 22.9 Å². The summed E-state index contributed by atoms with van der Waals surface area (Å²) >= 11 is 0. The van der Waals surface area contributed by atoms with Crippen molar-refractivity contribution in [3.05, 3.63) is 36.2 Å². The molecule has 2 rings (SSSR count). The molecule has 0 bridgehead atoms. The third-order valence-electron chi connectivity index (χ3n) is 4.58. The Kier molecular flexibility index (Phi) is 6.43. The summed E-state index contributed by atoms with van der Waals surface area (Å²) in [4.78, 5) is 11.9. The number of nitriles is 1. The predicted octanol–water partition coefficient (Wildman–Crippen LogP) is 1.52. The van der Waals surface area contributed by atoms with Crippen LogP contribution >= 0.6 is 0 Å². The molecule has 0 radical (unpaired) electrons. The molecule has 0 saturated heterocycles. The Morgan fingerprint density at radius 1 is 1.43 bits per heavy atom. The maximum Gasteiger partial charge on any atom is 0.264 e. The number of carbonyl (C=O) groups excluding carboxylic acids is 1. The molecule has 2 aromatic rings. The van der Waals surface area contributed by atoms with E-state index in [0.29, 0.717) is 17.9 Å². The minimum atomic E-state index is -3.77. The predicted molar refractivity (Wildman–Crippen MR) is 101 cm³/mol. The molecule has 1 amide bonds. The fourth-order valence-corrected chi connectivity index (χ4v) is 3.47. The molecule has 1 aromatic heterocycles. The van der Waals surface area contributed by atoms with Crippen LogP contribution in [0.2, 0.25) is 0 Å². The molecule has 0 spiro atoms. The molecule has 10 heteroatoms. The van der Waals surface area contributed by atoms with Crippen LogP contribution in [-0.2, 0) is 21.2 Å². The second kappa shape index (κ2) is 8.41. The van der Waals surface area contributed by atoms with Crippen molar-refractivity contribution in [2.45, 2.75) is 31.6 Å². The van der Waals surface area contributed by atoms with E-state index in [1.807, 2.05) is 6.92 Å². The van der Waals surface area contributed by atoms with Gasteiger partial charge in [-0.3, -0.25) is 14.7 Å². The fourth-order valence-electron chi connectivity index (χ4n) is 2.63. The highest BCUT2D eigenvalue weighted by molar-refractivity contribution is 7.92. The Balaban J connectivity index is 2.23. The number of hydroxylamine groups is 1. The lowest BCUT2D eigenvalue weighted by atomic mass is 10.1. The number of aryl methyl sites for hydroxylation is 1. The number of ether oxygens (including phenoxy) is 1. The minimum absolute atomic E-state index is 0.0773.